The fourth-order valence-electron chi connectivity index (χ4n) is 1.52. The number of benzene rings is 1. The van der Waals surface area contributed by atoms with Crippen LogP contribution in [-0.4, -0.2) is 16.3 Å². The van der Waals surface area contributed by atoms with Gasteiger partial charge in [0.2, 0.25) is 0 Å². The number of aromatic nitrogens is 1. The molecule has 0 saturated carbocycles. The predicted molar refractivity (Wildman–Crippen MR) is 64.9 cm³/mol. The van der Waals surface area contributed by atoms with E-state index in [9.17, 15) is 0 Å². The van der Waals surface area contributed by atoms with Crippen LogP contribution in [0.2, 0.25) is 0 Å². The normalized spacial score (nSPS) is 12.3. The summed E-state index contributed by atoms with van der Waals surface area (Å²) >= 11 is 5.57. The van der Waals surface area contributed by atoms with Crippen molar-refractivity contribution in [2.24, 2.45) is 17.8 Å². The molecule has 1 aromatic carbocycles. The third kappa shape index (κ3) is 1.97. The van der Waals surface area contributed by atoms with Crippen molar-refractivity contribution in [1.29, 1.82) is 0 Å². The lowest BCUT2D eigenvalue weighted by Crippen LogP contribution is -2.12. The minimum absolute atomic E-state index is 0.255. The summed E-state index contributed by atoms with van der Waals surface area (Å²) in [4.78, 5) is 4.20. The molecule has 3 nitrogen and oxygen atoms in total. The monoisotopic (exact) mass is 221 g/mol. The molecule has 15 heavy (non-hydrogen) atoms. The Labute approximate surface area is 93.2 Å². The number of hydrogen-bond donors (Lipinski definition) is 1. The van der Waals surface area contributed by atoms with E-state index in [1.807, 2.05) is 36.0 Å². The number of rotatable bonds is 2. The first-order valence-corrected chi connectivity index (χ1v) is 5.18. The fourth-order valence-corrected chi connectivity index (χ4v) is 1.58. The maximum absolute atomic E-state index is 5.57. The SMILES string of the molecule is Cn1ccc2ccc(N=C(N)CCl)cc21. The van der Waals surface area contributed by atoms with Crippen molar-refractivity contribution in [2.75, 3.05) is 5.88 Å². The molecule has 4 heteroatoms. The molecule has 0 aliphatic carbocycles. The van der Waals surface area contributed by atoms with Crippen molar-refractivity contribution < 1.29 is 0 Å². The molecule has 0 radical (unpaired) electrons. The summed E-state index contributed by atoms with van der Waals surface area (Å²) < 4.78 is 2.05. The zero-order valence-corrected chi connectivity index (χ0v) is 9.20. The highest BCUT2D eigenvalue weighted by Crippen LogP contribution is 2.21. The Morgan fingerprint density at radius 1 is 1.47 bits per heavy atom. The highest BCUT2D eigenvalue weighted by atomic mass is 35.5. The summed E-state index contributed by atoms with van der Waals surface area (Å²) in [6, 6.07) is 8.01. The first-order valence-electron chi connectivity index (χ1n) is 4.65. The number of halogens is 1. The number of amidine groups is 1. The van der Waals surface area contributed by atoms with E-state index in [0.29, 0.717) is 5.84 Å². The summed E-state index contributed by atoms with van der Waals surface area (Å²) in [5.41, 5.74) is 7.55. The van der Waals surface area contributed by atoms with Crippen LogP contribution in [0.25, 0.3) is 10.9 Å². The van der Waals surface area contributed by atoms with Crippen LogP contribution in [0, 0.1) is 0 Å². The highest BCUT2D eigenvalue weighted by molar-refractivity contribution is 6.28. The van der Waals surface area contributed by atoms with Crippen LogP contribution in [-0.2, 0) is 7.05 Å². The molecule has 2 N–H and O–H groups in total. The van der Waals surface area contributed by atoms with Crippen LogP contribution in [0.1, 0.15) is 0 Å². The standard InChI is InChI=1S/C11H12ClN3/c1-15-5-4-8-2-3-9(6-10(8)15)14-11(13)7-12/h2-6H,7H2,1H3,(H2,13,14). The number of alkyl halides is 1. The number of hydrogen-bond acceptors (Lipinski definition) is 1. The topological polar surface area (TPSA) is 43.3 Å². The van der Waals surface area contributed by atoms with Gasteiger partial charge in [0.25, 0.3) is 0 Å². The molecule has 0 unspecified atom stereocenters. The zero-order chi connectivity index (χ0) is 10.8. The number of nitrogens with two attached hydrogens (primary N) is 1. The summed E-state index contributed by atoms with van der Waals surface area (Å²) in [6.07, 6.45) is 2.02. The largest absolute Gasteiger partial charge is 0.386 e. The van der Waals surface area contributed by atoms with E-state index in [0.717, 1.165) is 11.2 Å². The Hall–Kier alpha value is -1.48. The molecule has 0 atom stereocenters. The molecule has 0 saturated heterocycles. The van der Waals surface area contributed by atoms with Crippen molar-refractivity contribution in [2.45, 2.75) is 0 Å². The lowest BCUT2D eigenvalue weighted by molar-refractivity contribution is 0.969. The van der Waals surface area contributed by atoms with Gasteiger partial charge in [-0.3, -0.25) is 0 Å². The van der Waals surface area contributed by atoms with Gasteiger partial charge < -0.3 is 10.3 Å². The second-order valence-electron chi connectivity index (χ2n) is 3.41. The average molecular weight is 222 g/mol. The van der Waals surface area contributed by atoms with Gasteiger partial charge in [-0.15, -0.1) is 11.6 Å². The van der Waals surface area contributed by atoms with E-state index in [1.165, 1.54) is 5.39 Å². The smallest absolute Gasteiger partial charge is 0.115 e. The van der Waals surface area contributed by atoms with Crippen LogP contribution in [0.4, 0.5) is 5.69 Å². The minimum Gasteiger partial charge on any atom is -0.386 e. The third-order valence-electron chi connectivity index (χ3n) is 2.28. The van der Waals surface area contributed by atoms with Crippen LogP contribution in [0.3, 0.4) is 0 Å². The first kappa shape index (κ1) is 10.1. The number of aryl methyl sites for hydroxylation is 1. The van der Waals surface area contributed by atoms with Gasteiger partial charge in [0.05, 0.1) is 11.6 Å². The predicted octanol–water partition coefficient (Wildman–Crippen LogP) is 2.41. The molecule has 0 spiro atoms. The number of aliphatic imine (C=N–C) groups is 1. The van der Waals surface area contributed by atoms with E-state index >= 15 is 0 Å². The lowest BCUT2D eigenvalue weighted by atomic mass is 10.2. The highest BCUT2D eigenvalue weighted by Gasteiger charge is 1.99. The molecule has 0 bridgehead atoms. The molecule has 0 aliphatic rings. The molecule has 2 aromatic rings. The summed E-state index contributed by atoms with van der Waals surface area (Å²) in [7, 11) is 2.00. The average Bonchev–Trinajstić information content (AvgIpc) is 2.60. The van der Waals surface area contributed by atoms with Gasteiger partial charge in [-0.05, 0) is 23.6 Å². The molecule has 1 heterocycles. The first-order chi connectivity index (χ1) is 7.20. The molecule has 78 valence electrons. The van der Waals surface area contributed by atoms with E-state index in [-0.39, 0.29) is 5.88 Å². The van der Waals surface area contributed by atoms with Gasteiger partial charge in [-0.2, -0.15) is 0 Å². The summed E-state index contributed by atoms with van der Waals surface area (Å²) in [5.74, 6) is 0.691. The third-order valence-corrected chi connectivity index (χ3v) is 2.56. The number of nitrogens with zero attached hydrogens (tertiary/aromatic N) is 2. The van der Waals surface area contributed by atoms with E-state index in [4.69, 9.17) is 17.3 Å². The molecular weight excluding hydrogens is 210 g/mol. The Morgan fingerprint density at radius 3 is 3.00 bits per heavy atom. The molecule has 1 aromatic heterocycles. The Morgan fingerprint density at radius 2 is 2.27 bits per heavy atom. The van der Waals surface area contributed by atoms with Gasteiger partial charge in [-0.25, -0.2) is 4.99 Å². The van der Waals surface area contributed by atoms with E-state index in [1.54, 1.807) is 0 Å². The fraction of sp³-hybridized carbons (Fsp3) is 0.182. The van der Waals surface area contributed by atoms with Crippen molar-refractivity contribution in [3.8, 4) is 0 Å². The van der Waals surface area contributed by atoms with E-state index in [2.05, 4.69) is 11.1 Å². The van der Waals surface area contributed by atoms with Crippen molar-refractivity contribution in [3.05, 3.63) is 30.5 Å². The molecule has 2 rings (SSSR count). The van der Waals surface area contributed by atoms with Crippen LogP contribution in [0.5, 0.6) is 0 Å². The minimum atomic E-state index is 0.255. The summed E-state index contributed by atoms with van der Waals surface area (Å²) in [6.45, 7) is 0. The van der Waals surface area contributed by atoms with Crippen LogP contribution in [0.15, 0.2) is 35.5 Å². The molecular formula is C11H12ClN3. The molecule has 0 amide bonds. The molecule has 0 fully saturated rings. The van der Waals surface area contributed by atoms with Gasteiger partial charge in [-0.1, -0.05) is 6.07 Å². The summed E-state index contributed by atoms with van der Waals surface area (Å²) in [5, 5.41) is 1.20. The van der Waals surface area contributed by atoms with Gasteiger partial charge >= 0.3 is 0 Å². The maximum Gasteiger partial charge on any atom is 0.115 e. The second-order valence-corrected chi connectivity index (χ2v) is 3.67. The Bertz CT molecular complexity index is 514. The zero-order valence-electron chi connectivity index (χ0n) is 8.44. The Kier molecular flexibility index (Phi) is 2.64. The second kappa shape index (κ2) is 3.95. The van der Waals surface area contributed by atoms with Gasteiger partial charge in [0, 0.05) is 18.8 Å². The lowest BCUT2D eigenvalue weighted by Gasteiger charge is -1.99. The quantitative estimate of drug-likeness (QED) is 0.472. The van der Waals surface area contributed by atoms with Crippen molar-refractivity contribution in [3.63, 3.8) is 0 Å². The van der Waals surface area contributed by atoms with Crippen molar-refractivity contribution >= 4 is 34.0 Å². The van der Waals surface area contributed by atoms with E-state index < -0.39 is 0 Å². The number of fused-ring (bicyclic) bond motifs is 1. The maximum atomic E-state index is 5.57. The van der Waals surface area contributed by atoms with Crippen LogP contribution < -0.4 is 5.73 Å². The van der Waals surface area contributed by atoms with Crippen LogP contribution >= 0.6 is 11.6 Å². The van der Waals surface area contributed by atoms with Crippen molar-refractivity contribution in [1.82, 2.24) is 4.57 Å². The Balaban J connectivity index is 2.50. The molecule has 0 aliphatic heterocycles. The van der Waals surface area contributed by atoms with Gasteiger partial charge in [0.1, 0.15) is 5.84 Å². The van der Waals surface area contributed by atoms with Gasteiger partial charge in [0.15, 0.2) is 0 Å².